The van der Waals surface area contributed by atoms with Crippen LogP contribution in [0.1, 0.15) is 40.0 Å². The fraction of sp³-hybridized carbons (Fsp3) is 1.00. The molecule has 0 saturated carbocycles. The van der Waals surface area contributed by atoms with Gasteiger partial charge in [0.2, 0.25) is 0 Å². The van der Waals surface area contributed by atoms with Crippen LogP contribution in [0.3, 0.4) is 0 Å². The second kappa shape index (κ2) is 5.56. The van der Waals surface area contributed by atoms with Crippen LogP contribution in [0.25, 0.3) is 0 Å². The summed E-state index contributed by atoms with van der Waals surface area (Å²) in [5.41, 5.74) is 0. The van der Waals surface area contributed by atoms with Crippen molar-refractivity contribution >= 4 is 0 Å². The maximum absolute atomic E-state index is 9.53. The zero-order valence-corrected chi connectivity index (χ0v) is 7.75. The van der Waals surface area contributed by atoms with Gasteiger partial charge in [-0.2, -0.15) is 0 Å². The Morgan fingerprint density at radius 2 is 1.36 bits per heavy atom. The van der Waals surface area contributed by atoms with Crippen molar-refractivity contribution in [3.05, 3.63) is 0 Å². The summed E-state index contributed by atoms with van der Waals surface area (Å²) in [6.07, 6.45) is 1.44. The summed E-state index contributed by atoms with van der Waals surface area (Å²) < 4.78 is 0. The highest BCUT2D eigenvalue weighted by molar-refractivity contribution is 4.72. The molecule has 0 aromatic carbocycles. The van der Waals surface area contributed by atoms with Crippen LogP contribution in [0.4, 0.5) is 0 Å². The van der Waals surface area contributed by atoms with Gasteiger partial charge < -0.3 is 10.2 Å². The largest absolute Gasteiger partial charge is 0.390 e. The Kier molecular flexibility index (Phi) is 5.51. The van der Waals surface area contributed by atoms with Gasteiger partial charge in [0.1, 0.15) is 0 Å². The van der Waals surface area contributed by atoms with E-state index in [1.807, 2.05) is 20.8 Å². The molecule has 2 unspecified atom stereocenters. The minimum absolute atomic E-state index is 0.255. The predicted octanol–water partition coefficient (Wildman–Crippen LogP) is 1.55. The Bertz CT molecular complexity index is 89.6. The molecule has 0 bridgehead atoms. The molecule has 0 radical (unpaired) electrons. The predicted molar refractivity (Wildman–Crippen MR) is 46.4 cm³/mol. The molecular weight excluding hydrogens is 140 g/mol. The monoisotopic (exact) mass is 160 g/mol. The van der Waals surface area contributed by atoms with Gasteiger partial charge in [-0.3, -0.25) is 0 Å². The highest BCUT2D eigenvalue weighted by Gasteiger charge is 2.21. The van der Waals surface area contributed by atoms with Gasteiger partial charge in [-0.1, -0.05) is 33.6 Å². The average molecular weight is 160 g/mol. The third-order valence-corrected chi connectivity index (χ3v) is 2.34. The molecule has 2 atom stereocenters. The number of rotatable bonds is 5. The normalized spacial score (nSPS) is 16.9. The van der Waals surface area contributed by atoms with Crippen LogP contribution in [0.2, 0.25) is 0 Å². The van der Waals surface area contributed by atoms with Crippen molar-refractivity contribution in [2.45, 2.75) is 52.2 Å². The summed E-state index contributed by atoms with van der Waals surface area (Å²) in [5.74, 6) is 0.255. The van der Waals surface area contributed by atoms with Crippen LogP contribution in [0.5, 0.6) is 0 Å². The van der Waals surface area contributed by atoms with E-state index in [1.54, 1.807) is 0 Å². The number of hydrogen-bond donors (Lipinski definition) is 2. The molecule has 2 nitrogen and oxygen atoms in total. The van der Waals surface area contributed by atoms with Crippen LogP contribution >= 0.6 is 0 Å². The van der Waals surface area contributed by atoms with Gasteiger partial charge in [-0.25, -0.2) is 0 Å². The minimum Gasteiger partial charge on any atom is -0.390 e. The van der Waals surface area contributed by atoms with E-state index in [9.17, 15) is 10.2 Å². The summed E-state index contributed by atoms with van der Waals surface area (Å²) >= 11 is 0. The standard InChI is InChI=1S/C9H20O2/c1-4-7(5-2)9(11)8(10)6-3/h7-11H,4-6H2,1-3H3. The van der Waals surface area contributed by atoms with E-state index in [-0.39, 0.29) is 5.92 Å². The molecule has 2 N–H and O–H groups in total. The van der Waals surface area contributed by atoms with Crippen molar-refractivity contribution in [3.8, 4) is 0 Å². The van der Waals surface area contributed by atoms with Crippen LogP contribution < -0.4 is 0 Å². The number of aliphatic hydroxyl groups excluding tert-OH is 2. The van der Waals surface area contributed by atoms with E-state index in [4.69, 9.17) is 0 Å². The molecule has 68 valence electrons. The lowest BCUT2D eigenvalue weighted by Crippen LogP contribution is -2.32. The Morgan fingerprint density at radius 3 is 1.64 bits per heavy atom. The summed E-state index contributed by atoms with van der Waals surface area (Å²) in [4.78, 5) is 0. The number of hydrogen-bond acceptors (Lipinski definition) is 2. The quantitative estimate of drug-likeness (QED) is 0.640. The van der Waals surface area contributed by atoms with Gasteiger partial charge >= 0.3 is 0 Å². The van der Waals surface area contributed by atoms with Crippen molar-refractivity contribution in [1.29, 1.82) is 0 Å². The van der Waals surface area contributed by atoms with Gasteiger partial charge in [0.25, 0.3) is 0 Å². The van der Waals surface area contributed by atoms with Crippen molar-refractivity contribution in [2.24, 2.45) is 5.92 Å². The van der Waals surface area contributed by atoms with Crippen molar-refractivity contribution in [3.63, 3.8) is 0 Å². The molecule has 0 heterocycles. The molecule has 0 spiro atoms. The van der Waals surface area contributed by atoms with Gasteiger partial charge in [0.05, 0.1) is 12.2 Å². The lowest BCUT2D eigenvalue weighted by atomic mass is 9.92. The molecule has 0 saturated heterocycles. The smallest absolute Gasteiger partial charge is 0.0826 e. The van der Waals surface area contributed by atoms with E-state index in [0.29, 0.717) is 6.42 Å². The van der Waals surface area contributed by atoms with Gasteiger partial charge in [-0.15, -0.1) is 0 Å². The van der Waals surface area contributed by atoms with Crippen LogP contribution in [0.15, 0.2) is 0 Å². The van der Waals surface area contributed by atoms with Crippen LogP contribution in [-0.4, -0.2) is 22.4 Å². The molecule has 0 aliphatic heterocycles. The third-order valence-electron chi connectivity index (χ3n) is 2.34. The zero-order valence-electron chi connectivity index (χ0n) is 7.75. The fourth-order valence-electron chi connectivity index (χ4n) is 1.33. The Balaban J connectivity index is 3.86. The lowest BCUT2D eigenvalue weighted by Gasteiger charge is -2.23. The first kappa shape index (κ1) is 10.9. The Morgan fingerprint density at radius 1 is 0.909 bits per heavy atom. The second-order valence-corrected chi connectivity index (χ2v) is 3.04. The Hall–Kier alpha value is -0.0800. The highest BCUT2D eigenvalue weighted by Crippen LogP contribution is 2.17. The summed E-state index contributed by atoms with van der Waals surface area (Å²) in [7, 11) is 0. The van der Waals surface area contributed by atoms with Gasteiger partial charge in [-0.05, 0) is 12.3 Å². The molecule has 2 heteroatoms. The van der Waals surface area contributed by atoms with E-state index < -0.39 is 12.2 Å². The van der Waals surface area contributed by atoms with E-state index >= 15 is 0 Å². The van der Waals surface area contributed by atoms with Crippen molar-refractivity contribution < 1.29 is 10.2 Å². The molecule has 0 aliphatic rings. The molecular formula is C9H20O2. The molecule has 0 rings (SSSR count). The lowest BCUT2D eigenvalue weighted by molar-refractivity contribution is -0.0207. The molecule has 0 aliphatic carbocycles. The first-order valence-corrected chi connectivity index (χ1v) is 4.53. The van der Waals surface area contributed by atoms with Crippen LogP contribution in [-0.2, 0) is 0 Å². The van der Waals surface area contributed by atoms with Crippen molar-refractivity contribution in [1.82, 2.24) is 0 Å². The van der Waals surface area contributed by atoms with Crippen molar-refractivity contribution in [2.75, 3.05) is 0 Å². The third kappa shape index (κ3) is 3.21. The second-order valence-electron chi connectivity index (χ2n) is 3.04. The Labute approximate surface area is 69.2 Å². The topological polar surface area (TPSA) is 40.5 Å². The fourth-order valence-corrected chi connectivity index (χ4v) is 1.33. The van der Waals surface area contributed by atoms with Gasteiger partial charge in [0, 0.05) is 0 Å². The number of aliphatic hydroxyl groups is 2. The summed E-state index contributed by atoms with van der Waals surface area (Å²) in [5, 5.41) is 18.8. The van der Waals surface area contributed by atoms with E-state index in [2.05, 4.69) is 0 Å². The first-order valence-electron chi connectivity index (χ1n) is 4.53. The molecule has 0 aromatic heterocycles. The zero-order chi connectivity index (χ0) is 8.85. The molecule has 0 amide bonds. The summed E-state index contributed by atoms with van der Waals surface area (Å²) in [6.45, 7) is 5.97. The minimum atomic E-state index is -0.542. The molecule has 11 heavy (non-hydrogen) atoms. The van der Waals surface area contributed by atoms with Crippen LogP contribution in [0, 0.1) is 5.92 Å². The van der Waals surface area contributed by atoms with E-state index in [1.165, 1.54) is 0 Å². The molecule has 0 fully saturated rings. The maximum atomic E-state index is 9.53. The highest BCUT2D eigenvalue weighted by atomic mass is 16.3. The maximum Gasteiger partial charge on any atom is 0.0826 e. The average Bonchev–Trinajstić information content (AvgIpc) is 2.05. The molecule has 0 aromatic rings. The SMILES string of the molecule is CCC(O)C(O)C(CC)CC. The van der Waals surface area contributed by atoms with Gasteiger partial charge in [0.15, 0.2) is 0 Å². The first-order chi connectivity index (χ1) is 5.17. The van der Waals surface area contributed by atoms with E-state index in [0.717, 1.165) is 12.8 Å². The summed E-state index contributed by atoms with van der Waals surface area (Å²) in [6, 6.07) is 0.